The maximum atomic E-state index is 5.05. The number of nitrogens with one attached hydrogen (secondary N) is 2. The van der Waals surface area contributed by atoms with Crippen LogP contribution >= 0.6 is 24.0 Å². The van der Waals surface area contributed by atoms with Gasteiger partial charge in [0.1, 0.15) is 0 Å². The smallest absolute Gasteiger partial charge is 0.191 e. The van der Waals surface area contributed by atoms with Crippen LogP contribution in [0.3, 0.4) is 0 Å². The number of likely N-dealkylation sites (tertiary alicyclic amines) is 2. The van der Waals surface area contributed by atoms with E-state index in [9.17, 15) is 0 Å². The molecule has 0 bridgehead atoms. The first-order valence-electron chi connectivity index (χ1n) is 10.8. The summed E-state index contributed by atoms with van der Waals surface area (Å²) >= 11 is 0. The van der Waals surface area contributed by atoms with E-state index in [1.807, 2.05) is 0 Å². The van der Waals surface area contributed by atoms with Crippen LogP contribution in [0.25, 0.3) is 0 Å². The van der Waals surface area contributed by atoms with E-state index in [0.29, 0.717) is 0 Å². The van der Waals surface area contributed by atoms with E-state index in [-0.39, 0.29) is 29.5 Å². The van der Waals surface area contributed by atoms with Crippen LogP contribution < -0.4 is 10.6 Å². The van der Waals surface area contributed by atoms with Crippen LogP contribution in [0.15, 0.2) is 29.5 Å². The third kappa shape index (κ3) is 6.62. The van der Waals surface area contributed by atoms with Crippen LogP contribution in [0.2, 0.25) is 0 Å². The monoisotopic (exact) mass is 502 g/mol. The molecule has 1 aromatic rings. The molecule has 0 amide bonds. The maximum Gasteiger partial charge on any atom is 0.191 e. The van der Waals surface area contributed by atoms with E-state index in [4.69, 9.17) is 4.99 Å². The largest absolute Gasteiger partial charge is 0.357 e. The molecule has 2 saturated heterocycles. The van der Waals surface area contributed by atoms with Gasteiger partial charge in [-0.25, -0.2) is 0 Å². The van der Waals surface area contributed by atoms with Gasteiger partial charge in [-0.05, 0) is 78.0 Å². The van der Waals surface area contributed by atoms with E-state index in [0.717, 1.165) is 32.1 Å². The highest BCUT2D eigenvalue weighted by molar-refractivity contribution is 14.0. The molecule has 28 heavy (non-hydrogen) atoms. The third-order valence-corrected chi connectivity index (χ3v) is 6.15. The number of piperidine rings is 2. The van der Waals surface area contributed by atoms with Crippen LogP contribution in [0.1, 0.15) is 39.0 Å². The zero-order valence-electron chi connectivity index (χ0n) is 17.7. The van der Waals surface area contributed by atoms with Crippen LogP contribution in [0.4, 0.5) is 0 Å². The summed E-state index contributed by atoms with van der Waals surface area (Å²) in [6, 6.07) is 4.14. The summed E-state index contributed by atoms with van der Waals surface area (Å²) in [7, 11) is 2.25. The van der Waals surface area contributed by atoms with Crippen molar-refractivity contribution in [3.8, 4) is 0 Å². The summed E-state index contributed by atoms with van der Waals surface area (Å²) < 4.78 is 2.20. The molecule has 2 aliphatic rings. The SMILES string of the molecule is CCNC(=NCC1(N2CCCCC2)CCN(C)CC1)NCCn1cccc1.I. The molecule has 3 rings (SSSR count). The molecule has 0 radical (unpaired) electrons. The van der Waals surface area contributed by atoms with Gasteiger partial charge in [-0.3, -0.25) is 9.89 Å². The fraction of sp³-hybridized carbons (Fsp3) is 0.762. The Kier molecular flexibility index (Phi) is 10.1. The molecule has 3 heterocycles. The summed E-state index contributed by atoms with van der Waals surface area (Å²) in [5.74, 6) is 0.958. The van der Waals surface area contributed by atoms with Crippen molar-refractivity contribution in [1.82, 2.24) is 25.0 Å². The molecule has 0 saturated carbocycles. The first-order valence-corrected chi connectivity index (χ1v) is 10.8. The molecular weight excluding hydrogens is 463 g/mol. The van der Waals surface area contributed by atoms with Crippen molar-refractivity contribution in [2.45, 2.75) is 51.1 Å². The second kappa shape index (κ2) is 12.0. The Labute approximate surface area is 188 Å². The molecule has 0 atom stereocenters. The van der Waals surface area contributed by atoms with Gasteiger partial charge in [-0.1, -0.05) is 6.42 Å². The van der Waals surface area contributed by atoms with Crippen LogP contribution in [0.5, 0.6) is 0 Å². The zero-order chi connectivity index (χ0) is 19.0. The van der Waals surface area contributed by atoms with E-state index in [1.165, 1.54) is 58.3 Å². The Balaban J connectivity index is 0.00000280. The van der Waals surface area contributed by atoms with Gasteiger partial charge in [0.15, 0.2) is 5.96 Å². The first-order chi connectivity index (χ1) is 13.2. The van der Waals surface area contributed by atoms with Gasteiger partial charge in [-0.15, -0.1) is 24.0 Å². The average Bonchev–Trinajstić information content (AvgIpc) is 3.22. The molecule has 2 N–H and O–H groups in total. The van der Waals surface area contributed by atoms with Gasteiger partial charge in [0, 0.05) is 37.6 Å². The minimum atomic E-state index is 0. The molecule has 2 aliphatic heterocycles. The lowest BCUT2D eigenvalue weighted by Gasteiger charge is -2.49. The molecule has 0 spiro atoms. The Bertz CT molecular complexity index is 559. The number of nitrogens with zero attached hydrogens (tertiary/aromatic N) is 4. The summed E-state index contributed by atoms with van der Waals surface area (Å²) in [5.41, 5.74) is 0.246. The van der Waals surface area contributed by atoms with Crippen molar-refractivity contribution in [2.24, 2.45) is 4.99 Å². The lowest BCUT2D eigenvalue weighted by atomic mass is 9.84. The standard InChI is InChI=1S/C21H38N6.HI/c1-3-22-20(23-11-18-26-12-7-8-13-26)24-19-21(9-16-25(2)17-10-21)27-14-5-4-6-15-27;/h7-8,12-13H,3-6,9-11,14-19H2,1-2H3,(H2,22,23,24);1H. The third-order valence-electron chi connectivity index (χ3n) is 6.15. The molecule has 0 unspecified atom stereocenters. The van der Waals surface area contributed by atoms with E-state index >= 15 is 0 Å². The normalized spacial score (nSPS) is 21.1. The highest BCUT2D eigenvalue weighted by atomic mass is 127. The number of hydrogen-bond acceptors (Lipinski definition) is 3. The average molecular weight is 502 g/mol. The lowest BCUT2D eigenvalue weighted by molar-refractivity contribution is 0.0208. The molecule has 2 fully saturated rings. The van der Waals surface area contributed by atoms with Gasteiger partial charge >= 0.3 is 0 Å². The fourth-order valence-electron chi connectivity index (χ4n) is 4.37. The van der Waals surface area contributed by atoms with Crippen molar-refractivity contribution >= 4 is 29.9 Å². The van der Waals surface area contributed by atoms with Gasteiger partial charge in [0.25, 0.3) is 0 Å². The molecule has 0 aromatic carbocycles. The van der Waals surface area contributed by atoms with Crippen molar-refractivity contribution < 1.29 is 0 Å². The Hall–Kier alpha value is -0.800. The number of rotatable bonds is 7. The van der Waals surface area contributed by atoms with Crippen molar-refractivity contribution in [1.29, 1.82) is 0 Å². The number of aromatic nitrogens is 1. The molecule has 0 aliphatic carbocycles. The van der Waals surface area contributed by atoms with Gasteiger partial charge in [0.2, 0.25) is 0 Å². The van der Waals surface area contributed by atoms with Gasteiger partial charge in [0.05, 0.1) is 6.54 Å². The molecule has 160 valence electrons. The molecule has 7 heteroatoms. The second-order valence-corrected chi connectivity index (χ2v) is 8.12. The second-order valence-electron chi connectivity index (χ2n) is 8.12. The van der Waals surface area contributed by atoms with Crippen molar-refractivity contribution in [3.63, 3.8) is 0 Å². The highest BCUT2D eigenvalue weighted by Gasteiger charge is 2.39. The Morgan fingerprint density at radius 3 is 2.32 bits per heavy atom. The number of guanidine groups is 1. The van der Waals surface area contributed by atoms with Crippen LogP contribution in [0, 0.1) is 0 Å². The van der Waals surface area contributed by atoms with Crippen molar-refractivity contribution in [3.05, 3.63) is 24.5 Å². The Morgan fingerprint density at radius 1 is 1.00 bits per heavy atom. The molecule has 6 nitrogen and oxygen atoms in total. The van der Waals surface area contributed by atoms with Gasteiger partial charge < -0.3 is 20.1 Å². The summed E-state index contributed by atoms with van der Waals surface area (Å²) in [6.45, 7) is 10.6. The van der Waals surface area contributed by atoms with Crippen LogP contribution in [-0.2, 0) is 6.54 Å². The predicted molar refractivity (Wildman–Crippen MR) is 129 cm³/mol. The highest BCUT2D eigenvalue weighted by Crippen LogP contribution is 2.31. The van der Waals surface area contributed by atoms with E-state index in [2.05, 4.69) is 63.5 Å². The minimum Gasteiger partial charge on any atom is -0.357 e. The van der Waals surface area contributed by atoms with Crippen molar-refractivity contribution in [2.75, 3.05) is 52.9 Å². The topological polar surface area (TPSA) is 47.8 Å². The van der Waals surface area contributed by atoms with Crippen LogP contribution in [-0.4, -0.2) is 78.7 Å². The van der Waals surface area contributed by atoms with E-state index in [1.54, 1.807) is 0 Å². The first kappa shape index (κ1) is 23.5. The predicted octanol–water partition coefficient (Wildman–Crippen LogP) is 2.61. The Morgan fingerprint density at radius 2 is 1.68 bits per heavy atom. The molecule has 1 aromatic heterocycles. The maximum absolute atomic E-state index is 5.05. The number of aliphatic imine (C=N–C) groups is 1. The molecular formula is C21H39IN6. The minimum absolute atomic E-state index is 0. The zero-order valence-corrected chi connectivity index (χ0v) is 20.0. The quantitative estimate of drug-likeness (QED) is 0.342. The summed E-state index contributed by atoms with van der Waals surface area (Å²) in [5, 5.41) is 6.95. The van der Waals surface area contributed by atoms with Gasteiger partial charge in [-0.2, -0.15) is 0 Å². The fourth-order valence-corrected chi connectivity index (χ4v) is 4.37. The lowest BCUT2D eigenvalue weighted by Crippen LogP contribution is -2.58. The van der Waals surface area contributed by atoms with E-state index < -0.39 is 0 Å². The number of halogens is 1. The number of hydrogen-bond donors (Lipinski definition) is 2. The summed E-state index contributed by atoms with van der Waals surface area (Å²) in [6.07, 6.45) is 10.8. The summed E-state index contributed by atoms with van der Waals surface area (Å²) in [4.78, 5) is 10.3.